The van der Waals surface area contributed by atoms with E-state index in [2.05, 4.69) is 10.6 Å². The summed E-state index contributed by atoms with van der Waals surface area (Å²) >= 11 is 0. The van der Waals surface area contributed by atoms with Crippen molar-refractivity contribution < 1.29 is 14.7 Å². The number of nitrogens with one attached hydrogen (secondary N) is 2. The minimum atomic E-state index is -1.06. The van der Waals surface area contributed by atoms with Gasteiger partial charge in [-0.3, -0.25) is 0 Å². The Bertz CT molecular complexity index is 391. The van der Waals surface area contributed by atoms with Gasteiger partial charge in [0.1, 0.15) is 0 Å². The molecule has 1 aromatic carbocycles. The maximum absolute atomic E-state index is 11.3. The Hall–Kier alpha value is -2.04. The molecule has 0 aliphatic heterocycles. The van der Waals surface area contributed by atoms with Crippen molar-refractivity contribution in [3.8, 4) is 0 Å². The zero-order chi connectivity index (χ0) is 12.0. The summed E-state index contributed by atoms with van der Waals surface area (Å²) < 4.78 is 0. The van der Waals surface area contributed by atoms with Crippen LogP contribution in [0.25, 0.3) is 0 Å². The van der Waals surface area contributed by atoms with Crippen LogP contribution in [0.1, 0.15) is 23.7 Å². The fourth-order valence-electron chi connectivity index (χ4n) is 1.18. The Labute approximate surface area is 93.5 Å². The molecule has 0 bridgehead atoms. The molecule has 0 aromatic heterocycles. The fourth-order valence-corrected chi connectivity index (χ4v) is 1.18. The van der Waals surface area contributed by atoms with Gasteiger partial charge in [0, 0.05) is 6.54 Å². The number of benzene rings is 1. The largest absolute Gasteiger partial charge is 0.478 e. The summed E-state index contributed by atoms with van der Waals surface area (Å²) in [6.45, 7) is 2.49. The van der Waals surface area contributed by atoms with Gasteiger partial charge in [-0.05, 0) is 18.6 Å². The standard InChI is InChI=1S/C11H14N2O3/c1-2-7-12-11(16)13-9-6-4-3-5-8(9)10(14)15/h3-6H,2,7H2,1H3,(H,14,15)(H2,12,13,16). The maximum atomic E-state index is 11.3. The van der Waals surface area contributed by atoms with E-state index >= 15 is 0 Å². The van der Waals surface area contributed by atoms with E-state index in [-0.39, 0.29) is 5.56 Å². The second-order valence-corrected chi connectivity index (χ2v) is 3.23. The first-order valence-corrected chi connectivity index (χ1v) is 5.02. The van der Waals surface area contributed by atoms with Gasteiger partial charge in [0.25, 0.3) is 0 Å². The number of anilines is 1. The minimum Gasteiger partial charge on any atom is -0.478 e. The van der Waals surface area contributed by atoms with Crippen molar-refractivity contribution in [1.29, 1.82) is 0 Å². The monoisotopic (exact) mass is 222 g/mol. The lowest BCUT2D eigenvalue weighted by Gasteiger charge is -2.08. The number of carboxylic acid groups (broad SMARTS) is 1. The molecule has 1 rings (SSSR count). The third-order valence-corrected chi connectivity index (χ3v) is 1.94. The molecule has 5 nitrogen and oxygen atoms in total. The van der Waals surface area contributed by atoms with E-state index in [4.69, 9.17) is 5.11 Å². The van der Waals surface area contributed by atoms with E-state index in [1.807, 2.05) is 6.92 Å². The van der Waals surface area contributed by atoms with Crippen LogP contribution in [-0.4, -0.2) is 23.7 Å². The molecule has 86 valence electrons. The number of carbonyl (C=O) groups excluding carboxylic acids is 1. The normalized spacial score (nSPS) is 9.56. The van der Waals surface area contributed by atoms with Gasteiger partial charge in [-0.1, -0.05) is 19.1 Å². The molecule has 0 unspecified atom stereocenters. The van der Waals surface area contributed by atoms with Crippen molar-refractivity contribution in [3.63, 3.8) is 0 Å². The van der Waals surface area contributed by atoms with Crippen LogP contribution in [0.4, 0.5) is 10.5 Å². The van der Waals surface area contributed by atoms with Crippen molar-refractivity contribution >= 4 is 17.7 Å². The molecule has 16 heavy (non-hydrogen) atoms. The van der Waals surface area contributed by atoms with Crippen LogP contribution < -0.4 is 10.6 Å². The van der Waals surface area contributed by atoms with Crippen LogP contribution in [0.15, 0.2) is 24.3 Å². The van der Waals surface area contributed by atoms with Crippen molar-refractivity contribution in [3.05, 3.63) is 29.8 Å². The molecular formula is C11H14N2O3. The molecule has 0 atom stereocenters. The average Bonchev–Trinajstić information content (AvgIpc) is 2.27. The Morgan fingerprint density at radius 2 is 2.00 bits per heavy atom. The maximum Gasteiger partial charge on any atom is 0.337 e. The molecule has 3 N–H and O–H groups in total. The second-order valence-electron chi connectivity index (χ2n) is 3.23. The van der Waals surface area contributed by atoms with Gasteiger partial charge in [-0.25, -0.2) is 9.59 Å². The lowest BCUT2D eigenvalue weighted by Crippen LogP contribution is -2.29. The van der Waals surface area contributed by atoms with E-state index in [9.17, 15) is 9.59 Å². The number of aromatic carboxylic acids is 1. The highest BCUT2D eigenvalue weighted by molar-refractivity contribution is 5.99. The van der Waals surface area contributed by atoms with E-state index in [1.54, 1.807) is 18.2 Å². The van der Waals surface area contributed by atoms with Crippen molar-refractivity contribution in [1.82, 2.24) is 5.32 Å². The van der Waals surface area contributed by atoms with Crippen molar-refractivity contribution in [2.45, 2.75) is 13.3 Å². The number of hydrogen-bond acceptors (Lipinski definition) is 2. The molecular weight excluding hydrogens is 208 g/mol. The summed E-state index contributed by atoms with van der Waals surface area (Å²) in [5.41, 5.74) is 0.373. The highest BCUT2D eigenvalue weighted by atomic mass is 16.4. The smallest absolute Gasteiger partial charge is 0.337 e. The molecule has 2 amide bonds. The summed E-state index contributed by atoms with van der Waals surface area (Å²) in [5, 5.41) is 14.0. The summed E-state index contributed by atoms with van der Waals surface area (Å²) in [6, 6.07) is 5.88. The number of amides is 2. The molecule has 0 fully saturated rings. The van der Waals surface area contributed by atoms with Crippen molar-refractivity contribution in [2.24, 2.45) is 0 Å². The van der Waals surface area contributed by atoms with E-state index < -0.39 is 12.0 Å². The second kappa shape index (κ2) is 5.75. The van der Waals surface area contributed by atoms with Gasteiger partial charge in [-0.2, -0.15) is 0 Å². The lowest BCUT2D eigenvalue weighted by molar-refractivity contribution is 0.0698. The quantitative estimate of drug-likeness (QED) is 0.728. The minimum absolute atomic E-state index is 0.0779. The van der Waals surface area contributed by atoms with Crippen LogP contribution in [0.5, 0.6) is 0 Å². The van der Waals surface area contributed by atoms with Crippen LogP contribution in [0, 0.1) is 0 Å². The SMILES string of the molecule is CCCNC(=O)Nc1ccccc1C(=O)O. The van der Waals surface area contributed by atoms with E-state index in [0.29, 0.717) is 12.2 Å². The summed E-state index contributed by atoms with van der Waals surface area (Å²) in [6.07, 6.45) is 0.827. The zero-order valence-electron chi connectivity index (χ0n) is 8.99. The van der Waals surface area contributed by atoms with Crippen LogP contribution >= 0.6 is 0 Å². The van der Waals surface area contributed by atoms with Gasteiger partial charge in [0.2, 0.25) is 0 Å². The molecule has 0 aliphatic rings. The Morgan fingerprint density at radius 1 is 1.31 bits per heavy atom. The highest BCUT2D eigenvalue weighted by Crippen LogP contribution is 2.14. The highest BCUT2D eigenvalue weighted by Gasteiger charge is 2.10. The summed E-state index contributed by atoms with van der Waals surface area (Å²) in [4.78, 5) is 22.2. The van der Waals surface area contributed by atoms with Gasteiger partial charge in [0.05, 0.1) is 11.3 Å². The Morgan fingerprint density at radius 3 is 2.62 bits per heavy atom. The number of rotatable bonds is 4. The zero-order valence-corrected chi connectivity index (χ0v) is 8.99. The summed E-state index contributed by atoms with van der Waals surface area (Å²) in [5.74, 6) is -1.06. The third kappa shape index (κ3) is 3.27. The molecule has 0 radical (unpaired) electrons. The number of para-hydroxylation sites is 1. The van der Waals surface area contributed by atoms with E-state index in [0.717, 1.165) is 6.42 Å². The predicted octanol–water partition coefficient (Wildman–Crippen LogP) is 1.92. The molecule has 0 saturated heterocycles. The third-order valence-electron chi connectivity index (χ3n) is 1.94. The first-order valence-electron chi connectivity index (χ1n) is 5.02. The molecule has 0 spiro atoms. The van der Waals surface area contributed by atoms with E-state index in [1.165, 1.54) is 6.07 Å². The number of urea groups is 1. The first-order chi connectivity index (χ1) is 7.65. The van der Waals surface area contributed by atoms with Gasteiger partial charge in [0.15, 0.2) is 0 Å². The van der Waals surface area contributed by atoms with Crippen LogP contribution in [-0.2, 0) is 0 Å². The van der Waals surface area contributed by atoms with Gasteiger partial charge >= 0.3 is 12.0 Å². The number of hydrogen-bond donors (Lipinski definition) is 3. The Balaban J connectivity index is 2.73. The fraction of sp³-hybridized carbons (Fsp3) is 0.273. The topological polar surface area (TPSA) is 78.4 Å². The first kappa shape index (κ1) is 12.0. The Kier molecular flexibility index (Phi) is 4.32. The lowest BCUT2D eigenvalue weighted by atomic mass is 10.2. The van der Waals surface area contributed by atoms with Crippen LogP contribution in [0.3, 0.4) is 0 Å². The number of carboxylic acids is 1. The van der Waals surface area contributed by atoms with Gasteiger partial charge < -0.3 is 15.7 Å². The van der Waals surface area contributed by atoms with Crippen LogP contribution in [0.2, 0.25) is 0 Å². The van der Waals surface area contributed by atoms with Gasteiger partial charge in [-0.15, -0.1) is 0 Å². The molecule has 5 heteroatoms. The molecule has 0 saturated carbocycles. The summed E-state index contributed by atoms with van der Waals surface area (Å²) in [7, 11) is 0. The molecule has 1 aromatic rings. The average molecular weight is 222 g/mol. The number of carbonyl (C=O) groups is 2. The predicted molar refractivity (Wildman–Crippen MR) is 60.7 cm³/mol. The molecule has 0 aliphatic carbocycles. The molecule has 0 heterocycles. The van der Waals surface area contributed by atoms with Crippen molar-refractivity contribution in [2.75, 3.05) is 11.9 Å².